The Labute approximate surface area is 70.6 Å². The van der Waals surface area contributed by atoms with Gasteiger partial charge in [-0.3, -0.25) is 0 Å². The van der Waals surface area contributed by atoms with E-state index in [0.29, 0.717) is 11.4 Å². The summed E-state index contributed by atoms with van der Waals surface area (Å²) in [6, 6.07) is 5.81. The van der Waals surface area contributed by atoms with E-state index < -0.39 is 0 Å². The van der Waals surface area contributed by atoms with Crippen LogP contribution in [-0.4, -0.2) is 4.57 Å². The summed E-state index contributed by atoms with van der Waals surface area (Å²) < 4.78 is 2.02. The first-order valence-corrected chi connectivity index (χ1v) is 3.78. The molecule has 2 aromatic rings. The zero-order chi connectivity index (χ0) is 8.72. The zero-order valence-electron chi connectivity index (χ0n) is 6.91. The van der Waals surface area contributed by atoms with Crippen molar-refractivity contribution in [1.82, 2.24) is 4.57 Å². The average molecular weight is 161 g/mol. The number of aryl methyl sites for hydroxylation is 1. The number of benzene rings is 1. The molecular weight excluding hydrogens is 150 g/mol. The molecule has 1 aromatic carbocycles. The van der Waals surface area contributed by atoms with Gasteiger partial charge in [-0.05, 0) is 18.2 Å². The number of fused-ring (bicyclic) bond motifs is 1. The first-order valence-electron chi connectivity index (χ1n) is 3.78. The van der Waals surface area contributed by atoms with Crippen molar-refractivity contribution < 1.29 is 0 Å². The van der Waals surface area contributed by atoms with Gasteiger partial charge < -0.3 is 16.0 Å². The molecule has 0 saturated carbocycles. The van der Waals surface area contributed by atoms with Gasteiger partial charge >= 0.3 is 0 Å². The fourth-order valence-corrected chi connectivity index (χ4v) is 1.35. The van der Waals surface area contributed by atoms with Gasteiger partial charge in [0.15, 0.2) is 0 Å². The van der Waals surface area contributed by atoms with Crippen molar-refractivity contribution in [2.24, 2.45) is 7.05 Å². The Morgan fingerprint density at radius 1 is 1.17 bits per heavy atom. The van der Waals surface area contributed by atoms with Crippen molar-refractivity contribution in [3.05, 3.63) is 24.4 Å². The van der Waals surface area contributed by atoms with Gasteiger partial charge in [0.25, 0.3) is 0 Å². The third-order valence-electron chi connectivity index (χ3n) is 2.09. The zero-order valence-corrected chi connectivity index (χ0v) is 6.91. The lowest BCUT2D eigenvalue weighted by atomic mass is 10.2. The first-order chi connectivity index (χ1) is 5.68. The number of nitrogens with zero attached hydrogens (tertiary/aromatic N) is 1. The lowest BCUT2D eigenvalue weighted by molar-refractivity contribution is 0.969. The maximum atomic E-state index is 5.68. The summed E-state index contributed by atoms with van der Waals surface area (Å²) in [4.78, 5) is 0. The van der Waals surface area contributed by atoms with E-state index in [9.17, 15) is 0 Å². The van der Waals surface area contributed by atoms with Gasteiger partial charge in [-0.15, -0.1) is 0 Å². The molecule has 0 aliphatic rings. The summed E-state index contributed by atoms with van der Waals surface area (Å²) in [6.45, 7) is 0. The van der Waals surface area contributed by atoms with E-state index in [1.807, 2.05) is 36.0 Å². The minimum Gasteiger partial charge on any atom is -0.397 e. The van der Waals surface area contributed by atoms with Crippen LogP contribution in [0.15, 0.2) is 24.4 Å². The SMILES string of the molecule is Cn1ccc2cc(N)c(N)cc21. The molecule has 0 aliphatic carbocycles. The normalized spacial score (nSPS) is 10.8. The minimum absolute atomic E-state index is 0.643. The molecule has 0 fully saturated rings. The van der Waals surface area contributed by atoms with Crippen LogP contribution in [0.5, 0.6) is 0 Å². The van der Waals surface area contributed by atoms with Gasteiger partial charge in [-0.25, -0.2) is 0 Å². The molecule has 12 heavy (non-hydrogen) atoms. The number of nitrogens with two attached hydrogens (primary N) is 2. The molecule has 3 nitrogen and oxygen atoms in total. The van der Waals surface area contributed by atoms with Crippen LogP contribution in [0, 0.1) is 0 Å². The van der Waals surface area contributed by atoms with Crippen molar-refractivity contribution >= 4 is 22.3 Å². The van der Waals surface area contributed by atoms with E-state index in [0.717, 1.165) is 10.9 Å². The quantitative estimate of drug-likeness (QED) is 0.573. The van der Waals surface area contributed by atoms with Crippen molar-refractivity contribution in [1.29, 1.82) is 0 Å². The van der Waals surface area contributed by atoms with Crippen LogP contribution in [0.4, 0.5) is 11.4 Å². The van der Waals surface area contributed by atoms with Crippen LogP contribution in [0.3, 0.4) is 0 Å². The van der Waals surface area contributed by atoms with Crippen LogP contribution >= 0.6 is 0 Å². The Bertz CT molecular complexity index is 429. The summed E-state index contributed by atoms with van der Waals surface area (Å²) in [6.07, 6.45) is 1.99. The van der Waals surface area contributed by atoms with Gasteiger partial charge in [0, 0.05) is 24.1 Å². The van der Waals surface area contributed by atoms with Crippen LogP contribution in [0.25, 0.3) is 10.9 Å². The van der Waals surface area contributed by atoms with Gasteiger partial charge in [0.05, 0.1) is 11.4 Å². The molecule has 62 valence electrons. The van der Waals surface area contributed by atoms with Crippen molar-refractivity contribution in [3.63, 3.8) is 0 Å². The molecule has 2 rings (SSSR count). The van der Waals surface area contributed by atoms with Crippen LogP contribution < -0.4 is 11.5 Å². The van der Waals surface area contributed by atoms with E-state index in [-0.39, 0.29) is 0 Å². The number of aromatic nitrogens is 1. The molecular formula is C9H11N3. The summed E-state index contributed by atoms with van der Waals surface area (Å²) in [5, 5.41) is 1.13. The topological polar surface area (TPSA) is 57.0 Å². The highest BCUT2D eigenvalue weighted by molar-refractivity contribution is 5.89. The number of nitrogen functional groups attached to an aromatic ring is 2. The molecule has 0 radical (unpaired) electrons. The van der Waals surface area contributed by atoms with Gasteiger partial charge in [-0.2, -0.15) is 0 Å². The Kier molecular flexibility index (Phi) is 1.27. The Morgan fingerprint density at radius 3 is 2.58 bits per heavy atom. The smallest absolute Gasteiger partial charge is 0.0569 e. The maximum Gasteiger partial charge on any atom is 0.0569 e. The summed E-state index contributed by atoms with van der Waals surface area (Å²) in [5.41, 5.74) is 13.7. The lowest BCUT2D eigenvalue weighted by Crippen LogP contribution is -1.94. The largest absolute Gasteiger partial charge is 0.397 e. The highest BCUT2D eigenvalue weighted by atomic mass is 14.9. The molecule has 0 bridgehead atoms. The lowest BCUT2D eigenvalue weighted by Gasteiger charge is -2.01. The molecule has 0 saturated heterocycles. The first kappa shape index (κ1) is 7.03. The summed E-state index contributed by atoms with van der Waals surface area (Å²) in [7, 11) is 1.98. The minimum atomic E-state index is 0.643. The molecule has 0 aliphatic heterocycles. The molecule has 3 heteroatoms. The van der Waals surface area contributed by atoms with Gasteiger partial charge in [0.1, 0.15) is 0 Å². The number of hydrogen-bond acceptors (Lipinski definition) is 2. The average Bonchev–Trinajstić information content (AvgIpc) is 2.35. The monoisotopic (exact) mass is 161 g/mol. The van der Waals surface area contributed by atoms with E-state index in [2.05, 4.69) is 0 Å². The predicted octanol–water partition coefficient (Wildman–Crippen LogP) is 1.34. The van der Waals surface area contributed by atoms with Crippen molar-refractivity contribution in [2.75, 3.05) is 11.5 Å². The second-order valence-electron chi connectivity index (χ2n) is 2.97. The third kappa shape index (κ3) is 0.830. The molecule has 1 aromatic heterocycles. The Balaban J connectivity index is 2.87. The number of hydrogen-bond donors (Lipinski definition) is 2. The Morgan fingerprint density at radius 2 is 1.83 bits per heavy atom. The second-order valence-corrected chi connectivity index (χ2v) is 2.97. The second kappa shape index (κ2) is 2.17. The predicted molar refractivity (Wildman–Crippen MR) is 51.7 cm³/mol. The fraction of sp³-hybridized carbons (Fsp3) is 0.111. The maximum absolute atomic E-state index is 5.68. The molecule has 0 spiro atoms. The van der Waals surface area contributed by atoms with E-state index in [4.69, 9.17) is 11.5 Å². The van der Waals surface area contributed by atoms with E-state index >= 15 is 0 Å². The molecule has 0 amide bonds. The summed E-state index contributed by atoms with van der Waals surface area (Å²) >= 11 is 0. The van der Waals surface area contributed by atoms with Crippen LogP contribution in [0.1, 0.15) is 0 Å². The molecule has 1 heterocycles. The third-order valence-corrected chi connectivity index (χ3v) is 2.09. The highest BCUT2D eigenvalue weighted by Crippen LogP contribution is 2.23. The van der Waals surface area contributed by atoms with Crippen molar-refractivity contribution in [3.8, 4) is 0 Å². The van der Waals surface area contributed by atoms with Crippen LogP contribution in [0.2, 0.25) is 0 Å². The van der Waals surface area contributed by atoms with Crippen molar-refractivity contribution in [2.45, 2.75) is 0 Å². The number of anilines is 2. The fourth-order valence-electron chi connectivity index (χ4n) is 1.35. The summed E-state index contributed by atoms with van der Waals surface area (Å²) in [5.74, 6) is 0. The molecule has 0 unspecified atom stereocenters. The van der Waals surface area contributed by atoms with Gasteiger partial charge in [0.2, 0.25) is 0 Å². The molecule has 0 atom stereocenters. The Hall–Kier alpha value is -1.64. The van der Waals surface area contributed by atoms with E-state index in [1.54, 1.807) is 0 Å². The van der Waals surface area contributed by atoms with E-state index in [1.165, 1.54) is 0 Å². The molecule has 4 N–H and O–H groups in total. The highest BCUT2D eigenvalue weighted by Gasteiger charge is 2.00. The number of rotatable bonds is 0. The van der Waals surface area contributed by atoms with Crippen LogP contribution in [-0.2, 0) is 7.05 Å². The van der Waals surface area contributed by atoms with Gasteiger partial charge in [-0.1, -0.05) is 0 Å². The standard InChI is InChI=1S/C9H11N3/c1-12-3-2-6-4-7(10)8(11)5-9(6)12/h2-5H,10-11H2,1H3.